The molecular formula is C16H24BrClS. The molecule has 0 radical (unpaired) electrons. The third-order valence-corrected chi connectivity index (χ3v) is 7.50. The lowest BCUT2D eigenvalue weighted by molar-refractivity contribution is 0.148. The largest absolute Gasteiger partial charge is 0.143 e. The molecule has 1 atom stereocenters. The molecule has 0 aliphatic heterocycles. The molecule has 0 saturated heterocycles. The van der Waals surface area contributed by atoms with E-state index in [0.717, 1.165) is 5.92 Å². The van der Waals surface area contributed by atoms with Gasteiger partial charge in [-0.15, -0.1) is 22.9 Å². The summed E-state index contributed by atoms with van der Waals surface area (Å²) in [5.74, 6) is 1.52. The van der Waals surface area contributed by atoms with Crippen molar-refractivity contribution in [2.75, 3.05) is 0 Å². The van der Waals surface area contributed by atoms with E-state index in [1.54, 1.807) is 0 Å². The van der Waals surface area contributed by atoms with Crippen LogP contribution in [-0.4, -0.2) is 0 Å². The summed E-state index contributed by atoms with van der Waals surface area (Å²) in [6, 6.07) is 2.22. The highest BCUT2D eigenvalue weighted by atomic mass is 79.9. The van der Waals surface area contributed by atoms with Crippen LogP contribution in [0.2, 0.25) is 0 Å². The number of halogens is 2. The fourth-order valence-corrected chi connectivity index (χ4v) is 5.21. The standard InChI is InChI=1S/C16H24BrClS/c1-10-13(17)9-14(19-10)15(18)11-5-7-12(8-6-11)16(2,3)4/h9,11-12,15H,5-8H2,1-4H3. The predicted molar refractivity (Wildman–Crippen MR) is 90.3 cm³/mol. The van der Waals surface area contributed by atoms with E-state index < -0.39 is 0 Å². The summed E-state index contributed by atoms with van der Waals surface area (Å²) in [4.78, 5) is 2.68. The molecule has 0 N–H and O–H groups in total. The summed E-state index contributed by atoms with van der Waals surface area (Å²) >= 11 is 12.2. The minimum Gasteiger partial charge on any atom is -0.143 e. The average Bonchev–Trinajstić information content (AvgIpc) is 2.68. The molecule has 108 valence electrons. The first-order valence-electron chi connectivity index (χ1n) is 7.19. The number of thiophene rings is 1. The monoisotopic (exact) mass is 362 g/mol. The summed E-state index contributed by atoms with van der Waals surface area (Å²) in [5, 5.41) is 0.205. The number of hydrogen-bond donors (Lipinski definition) is 0. The Morgan fingerprint density at radius 3 is 2.26 bits per heavy atom. The topological polar surface area (TPSA) is 0 Å². The zero-order chi connectivity index (χ0) is 14.2. The second-order valence-electron chi connectivity index (χ2n) is 6.93. The van der Waals surface area contributed by atoms with Gasteiger partial charge >= 0.3 is 0 Å². The van der Waals surface area contributed by atoms with Crippen LogP contribution < -0.4 is 0 Å². The van der Waals surface area contributed by atoms with Crippen LogP contribution >= 0.6 is 38.9 Å². The Kier molecular flexibility index (Phi) is 5.07. The highest BCUT2D eigenvalue weighted by Gasteiger charge is 2.33. The Labute approximate surface area is 135 Å². The number of alkyl halides is 1. The third-order valence-electron chi connectivity index (χ3n) is 4.56. The van der Waals surface area contributed by atoms with Crippen molar-refractivity contribution in [3.8, 4) is 0 Å². The van der Waals surface area contributed by atoms with E-state index in [-0.39, 0.29) is 5.38 Å². The quantitative estimate of drug-likeness (QED) is 0.498. The van der Waals surface area contributed by atoms with Gasteiger partial charge in [-0.1, -0.05) is 20.8 Å². The van der Waals surface area contributed by atoms with E-state index in [4.69, 9.17) is 11.6 Å². The van der Waals surface area contributed by atoms with E-state index in [9.17, 15) is 0 Å². The van der Waals surface area contributed by atoms with E-state index in [1.165, 1.54) is 39.9 Å². The van der Waals surface area contributed by atoms with Crippen molar-refractivity contribution >= 4 is 38.9 Å². The summed E-state index contributed by atoms with van der Waals surface area (Å²) in [6.07, 6.45) is 5.24. The summed E-state index contributed by atoms with van der Waals surface area (Å²) in [7, 11) is 0. The molecule has 1 aromatic rings. The van der Waals surface area contributed by atoms with Crippen LogP contribution in [0.15, 0.2) is 10.5 Å². The molecule has 0 nitrogen and oxygen atoms in total. The molecule has 1 unspecified atom stereocenters. The van der Waals surface area contributed by atoms with Gasteiger partial charge in [0.25, 0.3) is 0 Å². The lowest BCUT2D eigenvalue weighted by Crippen LogP contribution is -2.27. The van der Waals surface area contributed by atoms with Crippen molar-refractivity contribution in [2.24, 2.45) is 17.3 Å². The number of hydrogen-bond acceptors (Lipinski definition) is 1. The van der Waals surface area contributed by atoms with Crippen molar-refractivity contribution in [2.45, 2.75) is 58.8 Å². The molecule has 0 spiro atoms. The van der Waals surface area contributed by atoms with Crippen molar-refractivity contribution in [1.82, 2.24) is 0 Å². The van der Waals surface area contributed by atoms with Gasteiger partial charge in [-0.25, -0.2) is 0 Å². The van der Waals surface area contributed by atoms with Gasteiger partial charge in [0, 0.05) is 14.2 Å². The third kappa shape index (κ3) is 3.77. The second kappa shape index (κ2) is 6.07. The second-order valence-corrected chi connectivity index (χ2v) is 9.54. The highest BCUT2D eigenvalue weighted by Crippen LogP contribution is 2.47. The van der Waals surface area contributed by atoms with Gasteiger partial charge in [0.2, 0.25) is 0 Å². The van der Waals surface area contributed by atoms with Crippen LogP contribution in [0, 0.1) is 24.2 Å². The van der Waals surface area contributed by atoms with Crippen molar-refractivity contribution in [1.29, 1.82) is 0 Å². The molecule has 0 bridgehead atoms. The minimum atomic E-state index is 0.205. The van der Waals surface area contributed by atoms with E-state index >= 15 is 0 Å². The van der Waals surface area contributed by atoms with Gasteiger partial charge in [0.05, 0.1) is 5.38 Å². The molecule has 1 aliphatic rings. The Morgan fingerprint density at radius 2 is 1.84 bits per heavy atom. The maximum absolute atomic E-state index is 6.72. The van der Waals surface area contributed by atoms with Crippen LogP contribution in [-0.2, 0) is 0 Å². The molecule has 1 aliphatic carbocycles. The predicted octanol–water partition coefficient (Wildman–Crippen LogP) is 6.95. The molecule has 1 saturated carbocycles. The fourth-order valence-electron chi connectivity index (χ4n) is 3.13. The normalized spacial score (nSPS) is 26.4. The minimum absolute atomic E-state index is 0.205. The number of rotatable bonds is 2. The lowest BCUT2D eigenvalue weighted by Gasteiger charge is -2.38. The molecule has 0 aromatic carbocycles. The Bertz CT molecular complexity index is 405. The van der Waals surface area contributed by atoms with E-state index in [2.05, 4.69) is 49.7 Å². The molecule has 3 heteroatoms. The van der Waals surface area contributed by atoms with Gasteiger partial charge in [-0.2, -0.15) is 0 Å². The number of aryl methyl sites for hydroxylation is 1. The molecule has 1 fully saturated rings. The zero-order valence-electron chi connectivity index (χ0n) is 12.3. The Balaban J connectivity index is 1.98. The maximum Gasteiger partial charge on any atom is 0.0707 e. The maximum atomic E-state index is 6.72. The van der Waals surface area contributed by atoms with Crippen LogP contribution in [0.25, 0.3) is 0 Å². The molecule has 1 heterocycles. The van der Waals surface area contributed by atoms with Crippen LogP contribution in [0.1, 0.15) is 61.6 Å². The first-order chi connectivity index (χ1) is 8.79. The summed E-state index contributed by atoms with van der Waals surface area (Å²) in [6.45, 7) is 9.26. The molecular weight excluding hydrogens is 340 g/mol. The fraction of sp³-hybridized carbons (Fsp3) is 0.750. The molecule has 1 aromatic heterocycles. The highest BCUT2D eigenvalue weighted by molar-refractivity contribution is 9.10. The zero-order valence-corrected chi connectivity index (χ0v) is 15.5. The van der Waals surface area contributed by atoms with Crippen LogP contribution in [0.5, 0.6) is 0 Å². The van der Waals surface area contributed by atoms with Crippen molar-refractivity contribution in [3.63, 3.8) is 0 Å². The Hall–Kier alpha value is 0.470. The molecule has 0 amide bonds. The summed E-state index contributed by atoms with van der Waals surface area (Å²) < 4.78 is 1.21. The summed E-state index contributed by atoms with van der Waals surface area (Å²) in [5.41, 5.74) is 0.454. The van der Waals surface area contributed by atoms with Crippen LogP contribution in [0.4, 0.5) is 0 Å². The van der Waals surface area contributed by atoms with Crippen LogP contribution in [0.3, 0.4) is 0 Å². The van der Waals surface area contributed by atoms with Crippen molar-refractivity contribution in [3.05, 3.63) is 20.3 Å². The first kappa shape index (κ1) is 15.9. The van der Waals surface area contributed by atoms with Gasteiger partial charge in [-0.3, -0.25) is 0 Å². The average molecular weight is 364 g/mol. The van der Waals surface area contributed by atoms with Gasteiger partial charge in [0.15, 0.2) is 0 Å². The first-order valence-corrected chi connectivity index (χ1v) is 9.23. The SMILES string of the molecule is Cc1sc(C(Cl)C2CCC(C(C)(C)C)CC2)cc1Br. The molecule has 19 heavy (non-hydrogen) atoms. The van der Waals surface area contributed by atoms with Gasteiger partial charge in [-0.05, 0) is 71.9 Å². The van der Waals surface area contributed by atoms with Gasteiger partial charge in [0.1, 0.15) is 0 Å². The lowest BCUT2D eigenvalue weighted by atomic mass is 9.69. The van der Waals surface area contributed by atoms with E-state index in [0.29, 0.717) is 11.3 Å². The van der Waals surface area contributed by atoms with Crippen molar-refractivity contribution < 1.29 is 0 Å². The Morgan fingerprint density at radius 1 is 1.26 bits per heavy atom. The van der Waals surface area contributed by atoms with Gasteiger partial charge < -0.3 is 0 Å². The molecule has 2 rings (SSSR count). The smallest absolute Gasteiger partial charge is 0.0707 e. The van der Waals surface area contributed by atoms with E-state index in [1.807, 2.05) is 11.3 Å².